The maximum atomic E-state index is 11.9. The highest BCUT2D eigenvalue weighted by molar-refractivity contribution is 7.91. The van der Waals surface area contributed by atoms with Crippen molar-refractivity contribution in [3.63, 3.8) is 0 Å². The third-order valence-corrected chi connectivity index (χ3v) is 4.94. The number of halogens is 1. The van der Waals surface area contributed by atoms with E-state index in [1.54, 1.807) is 23.1 Å². The van der Waals surface area contributed by atoms with Crippen LogP contribution in [0.25, 0.3) is 0 Å². The predicted octanol–water partition coefficient (Wildman–Crippen LogP) is 0.591. The van der Waals surface area contributed by atoms with Gasteiger partial charge < -0.3 is 11.1 Å². The van der Waals surface area contributed by atoms with Gasteiger partial charge in [0.15, 0.2) is 9.84 Å². The molecular weight excluding hydrogens is 302 g/mol. The predicted molar refractivity (Wildman–Crippen MR) is 79.6 cm³/mol. The average Bonchev–Trinajstić information content (AvgIpc) is 2.36. The van der Waals surface area contributed by atoms with Gasteiger partial charge >= 0.3 is 0 Å². The molecule has 0 aliphatic carbocycles. The molecule has 1 fully saturated rings. The molecule has 1 aromatic rings. The Morgan fingerprint density at radius 3 is 2.65 bits per heavy atom. The van der Waals surface area contributed by atoms with Crippen LogP contribution in [0.2, 0.25) is 5.02 Å². The van der Waals surface area contributed by atoms with E-state index in [9.17, 15) is 13.2 Å². The molecule has 8 heteroatoms. The van der Waals surface area contributed by atoms with E-state index in [0.29, 0.717) is 29.5 Å². The van der Waals surface area contributed by atoms with E-state index < -0.39 is 9.84 Å². The smallest absolute Gasteiger partial charge is 0.238 e. The van der Waals surface area contributed by atoms with E-state index in [0.717, 1.165) is 0 Å². The van der Waals surface area contributed by atoms with Crippen molar-refractivity contribution in [3.05, 3.63) is 23.2 Å². The van der Waals surface area contributed by atoms with Crippen molar-refractivity contribution in [1.82, 2.24) is 4.90 Å². The molecule has 0 spiro atoms. The van der Waals surface area contributed by atoms with Crippen LogP contribution in [-0.2, 0) is 14.6 Å². The van der Waals surface area contributed by atoms with Crippen LogP contribution in [-0.4, -0.2) is 50.4 Å². The quantitative estimate of drug-likeness (QED) is 0.796. The van der Waals surface area contributed by atoms with Crippen LogP contribution in [0.5, 0.6) is 0 Å². The van der Waals surface area contributed by atoms with E-state index in [1.165, 1.54) is 0 Å². The number of nitrogens with two attached hydrogens (primary N) is 1. The molecule has 1 saturated heterocycles. The van der Waals surface area contributed by atoms with Crippen LogP contribution >= 0.6 is 11.6 Å². The van der Waals surface area contributed by atoms with Crippen molar-refractivity contribution in [2.24, 2.45) is 0 Å². The average molecular weight is 318 g/mol. The van der Waals surface area contributed by atoms with Crippen LogP contribution < -0.4 is 11.1 Å². The van der Waals surface area contributed by atoms with Crippen molar-refractivity contribution in [2.75, 3.05) is 42.2 Å². The number of anilines is 2. The molecule has 110 valence electrons. The summed E-state index contributed by atoms with van der Waals surface area (Å²) >= 11 is 5.84. The minimum absolute atomic E-state index is 0.0968. The van der Waals surface area contributed by atoms with Crippen LogP contribution in [0, 0.1) is 0 Å². The van der Waals surface area contributed by atoms with Gasteiger partial charge in [0, 0.05) is 18.1 Å². The number of hydrogen-bond donors (Lipinski definition) is 2. The highest BCUT2D eigenvalue weighted by Gasteiger charge is 2.23. The molecule has 1 aromatic carbocycles. The maximum Gasteiger partial charge on any atom is 0.238 e. The van der Waals surface area contributed by atoms with Crippen molar-refractivity contribution >= 4 is 38.7 Å². The first kappa shape index (κ1) is 15.1. The molecular formula is C12H16ClN3O3S. The number of rotatable bonds is 3. The summed E-state index contributed by atoms with van der Waals surface area (Å²) in [5.74, 6) is -0.0441. The summed E-state index contributed by atoms with van der Waals surface area (Å²) < 4.78 is 22.6. The van der Waals surface area contributed by atoms with Crippen molar-refractivity contribution in [3.8, 4) is 0 Å². The first-order chi connectivity index (χ1) is 9.35. The number of hydrogen-bond acceptors (Lipinski definition) is 5. The molecule has 3 N–H and O–H groups in total. The lowest BCUT2D eigenvalue weighted by Crippen LogP contribution is -2.43. The SMILES string of the molecule is Nc1ccc(Cl)cc1NC(=O)CN1CCS(=O)(=O)CC1. The Kier molecular flexibility index (Phi) is 4.52. The number of benzene rings is 1. The molecule has 0 atom stereocenters. The van der Waals surface area contributed by atoms with Crippen LogP contribution in [0.1, 0.15) is 0 Å². The molecule has 1 aliphatic heterocycles. The molecule has 1 aliphatic rings. The summed E-state index contributed by atoms with van der Waals surface area (Å²) in [5.41, 5.74) is 6.64. The zero-order valence-electron chi connectivity index (χ0n) is 10.8. The number of sulfone groups is 1. The second-order valence-corrected chi connectivity index (χ2v) is 7.45. The largest absolute Gasteiger partial charge is 0.397 e. The summed E-state index contributed by atoms with van der Waals surface area (Å²) in [7, 11) is -2.93. The van der Waals surface area contributed by atoms with E-state index in [1.807, 2.05) is 0 Å². The molecule has 2 rings (SSSR count). The minimum Gasteiger partial charge on any atom is -0.397 e. The summed E-state index contributed by atoms with van der Waals surface area (Å²) in [6, 6.07) is 4.84. The lowest BCUT2D eigenvalue weighted by molar-refractivity contribution is -0.117. The number of carbonyl (C=O) groups excluding carboxylic acids is 1. The van der Waals surface area contributed by atoms with Crippen molar-refractivity contribution < 1.29 is 13.2 Å². The first-order valence-electron chi connectivity index (χ1n) is 6.13. The number of carbonyl (C=O) groups is 1. The van der Waals surface area contributed by atoms with Gasteiger partial charge in [-0.15, -0.1) is 0 Å². The van der Waals surface area contributed by atoms with E-state index in [-0.39, 0.29) is 24.0 Å². The fraction of sp³-hybridized carbons (Fsp3) is 0.417. The van der Waals surface area contributed by atoms with Gasteiger partial charge in [-0.05, 0) is 18.2 Å². The Morgan fingerprint density at radius 2 is 2.00 bits per heavy atom. The van der Waals surface area contributed by atoms with E-state index in [4.69, 9.17) is 17.3 Å². The zero-order valence-corrected chi connectivity index (χ0v) is 12.4. The molecule has 0 aromatic heterocycles. The number of nitrogen functional groups attached to an aromatic ring is 1. The van der Waals surface area contributed by atoms with E-state index in [2.05, 4.69) is 5.32 Å². The Balaban J connectivity index is 1.91. The standard InChI is InChI=1S/C12H16ClN3O3S/c13-9-1-2-10(14)11(7-9)15-12(17)8-16-3-5-20(18,19)6-4-16/h1-2,7H,3-6,8,14H2,(H,15,17). The third-order valence-electron chi connectivity index (χ3n) is 3.09. The third kappa shape index (κ3) is 4.09. The second-order valence-electron chi connectivity index (χ2n) is 4.71. The maximum absolute atomic E-state index is 11.9. The number of nitrogens with one attached hydrogen (secondary N) is 1. The molecule has 20 heavy (non-hydrogen) atoms. The normalized spacial score (nSPS) is 18.6. The van der Waals surface area contributed by atoms with E-state index >= 15 is 0 Å². The second kappa shape index (κ2) is 5.99. The summed E-state index contributed by atoms with van der Waals surface area (Å²) in [5, 5.41) is 3.16. The van der Waals surface area contributed by atoms with Crippen molar-refractivity contribution in [1.29, 1.82) is 0 Å². The molecule has 0 bridgehead atoms. The fourth-order valence-electron chi connectivity index (χ4n) is 1.94. The van der Waals surface area contributed by atoms with Gasteiger partial charge in [-0.3, -0.25) is 9.69 Å². The van der Waals surface area contributed by atoms with Gasteiger partial charge in [-0.1, -0.05) is 11.6 Å². The van der Waals surface area contributed by atoms with Gasteiger partial charge in [0.2, 0.25) is 5.91 Å². The molecule has 0 unspecified atom stereocenters. The molecule has 6 nitrogen and oxygen atoms in total. The van der Waals surface area contributed by atoms with Gasteiger partial charge in [-0.2, -0.15) is 0 Å². The summed E-state index contributed by atoms with van der Waals surface area (Å²) in [6.45, 7) is 0.892. The topological polar surface area (TPSA) is 92.5 Å². The van der Waals surface area contributed by atoms with Gasteiger partial charge in [-0.25, -0.2) is 8.42 Å². The highest BCUT2D eigenvalue weighted by atomic mass is 35.5. The minimum atomic E-state index is -2.93. The van der Waals surface area contributed by atoms with Crippen LogP contribution in [0.3, 0.4) is 0 Å². The lowest BCUT2D eigenvalue weighted by Gasteiger charge is -2.25. The van der Waals surface area contributed by atoms with Gasteiger partial charge in [0.1, 0.15) is 0 Å². The Bertz CT molecular complexity index is 604. The molecule has 0 saturated carbocycles. The Hall–Kier alpha value is -1.31. The molecule has 1 heterocycles. The molecule has 0 radical (unpaired) electrons. The van der Waals surface area contributed by atoms with Crippen LogP contribution in [0.15, 0.2) is 18.2 Å². The molecule has 1 amide bonds. The van der Waals surface area contributed by atoms with Gasteiger partial charge in [0.25, 0.3) is 0 Å². The monoisotopic (exact) mass is 317 g/mol. The first-order valence-corrected chi connectivity index (χ1v) is 8.33. The lowest BCUT2D eigenvalue weighted by atomic mass is 10.2. The number of amides is 1. The Labute approximate surface area is 122 Å². The fourth-order valence-corrected chi connectivity index (χ4v) is 3.39. The number of nitrogens with zero attached hydrogens (tertiary/aromatic N) is 1. The summed E-state index contributed by atoms with van der Waals surface area (Å²) in [6.07, 6.45) is 0. The highest BCUT2D eigenvalue weighted by Crippen LogP contribution is 2.22. The van der Waals surface area contributed by atoms with Gasteiger partial charge in [0.05, 0.1) is 29.4 Å². The summed E-state index contributed by atoms with van der Waals surface area (Å²) in [4.78, 5) is 13.7. The Morgan fingerprint density at radius 1 is 1.35 bits per heavy atom. The zero-order chi connectivity index (χ0) is 14.8. The van der Waals surface area contributed by atoms with Crippen molar-refractivity contribution in [2.45, 2.75) is 0 Å². The van der Waals surface area contributed by atoms with Crippen LogP contribution in [0.4, 0.5) is 11.4 Å².